The minimum atomic E-state index is -0.109. The van der Waals surface area contributed by atoms with Gasteiger partial charge in [-0.2, -0.15) is 0 Å². The van der Waals surface area contributed by atoms with Gasteiger partial charge in [0.1, 0.15) is 5.75 Å². The summed E-state index contributed by atoms with van der Waals surface area (Å²) >= 11 is 0. The largest absolute Gasteiger partial charge is 0.497 e. The van der Waals surface area contributed by atoms with Gasteiger partial charge in [-0.25, -0.2) is 0 Å². The van der Waals surface area contributed by atoms with Crippen molar-refractivity contribution in [3.05, 3.63) is 65.7 Å². The van der Waals surface area contributed by atoms with Crippen molar-refractivity contribution in [2.24, 2.45) is 5.73 Å². The Labute approximate surface area is 120 Å². The van der Waals surface area contributed by atoms with Crippen molar-refractivity contribution in [3.8, 4) is 5.75 Å². The van der Waals surface area contributed by atoms with Crippen LogP contribution in [0.4, 0.5) is 0 Å². The monoisotopic (exact) mass is 271 g/mol. The van der Waals surface area contributed by atoms with Gasteiger partial charge in [-0.1, -0.05) is 42.5 Å². The molecule has 3 heteroatoms. The summed E-state index contributed by atoms with van der Waals surface area (Å²) in [4.78, 5) is 0. The third-order valence-corrected chi connectivity index (χ3v) is 3.38. The molecule has 0 saturated heterocycles. The Hall–Kier alpha value is -1.84. The molecule has 0 aliphatic heterocycles. The van der Waals surface area contributed by atoms with Crippen LogP contribution >= 0.6 is 0 Å². The van der Waals surface area contributed by atoms with Crippen LogP contribution in [0.15, 0.2) is 54.6 Å². The first kappa shape index (κ1) is 14.6. The van der Waals surface area contributed by atoms with E-state index in [-0.39, 0.29) is 12.1 Å². The second kappa shape index (κ2) is 7.08. The number of benzene rings is 2. The summed E-state index contributed by atoms with van der Waals surface area (Å²) in [6, 6.07) is 17.9. The topological polar surface area (TPSA) is 44.5 Å². The van der Waals surface area contributed by atoms with E-state index in [2.05, 4.69) is 6.07 Å². The molecule has 20 heavy (non-hydrogen) atoms. The molecule has 0 radical (unpaired) electrons. The van der Waals surface area contributed by atoms with Crippen LogP contribution in [0.1, 0.15) is 17.2 Å². The Morgan fingerprint density at radius 1 is 1.00 bits per heavy atom. The SMILES string of the molecule is COc1cccc(CC(N)C(OC)c2ccccc2)c1. The predicted molar refractivity (Wildman–Crippen MR) is 80.9 cm³/mol. The average Bonchev–Trinajstić information content (AvgIpc) is 2.49. The normalized spacial score (nSPS) is 13.8. The lowest BCUT2D eigenvalue weighted by molar-refractivity contribution is 0.0802. The first-order chi connectivity index (χ1) is 9.74. The van der Waals surface area contributed by atoms with Gasteiger partial charge in [0.2, 0.25) is 0 Å². The number of hydrogen-bond acceptors (Lipinski definition) is 3. The van der Waals surface area contributed by atoms with Crippen molar-refractivity contribution in [2.45, 2.75) is 18.6 Å². The van der Waals surface area contributed by atoms with E-state index in [0.29, 0.717) is 0 Å². The van der Waals surface area contributed by atoms with Crippen molar-refractivity contribution in [1.29, 1.82) is 0 Å². The zero-order valence-electron chi connectivity index (χ0n) is 12.0. The zero-order valence-corrected chi connectivity index (χ0v) is 12.0. The lowest BCUT2D eigenvalue weighted by Crippen LogP contribution is -2.31. The Balaban J connectivity index is 2.11. The Morgan fingerprint density at radius 2 is 1.75 bits per heavy atom. The summed E-state index contributed by atoms with van der Waals surface area (Å²) in [6.07, 6.45) is 0.632. The lowest BCUT2D eigenvalue weighted by Gasteiger charge is -2.23. The van der Waals surface area contributed by atoms with E-state index < -0.39 is 0 Å². The summed E-state index contributed by atoms with van der Waals surface area (Å²) in [5.41, 5.74) is 8.57. The molecule has 0 bridgehead atoms. The molecule has 0 saturated carbocycles. The first-order valence-electron chi connectivity index (χ1n) is 6.71. The summed E-state index contributed by atoms with van der Waals surface area (Å²) in [5, 5.41) is 0. The second-order valence-corrected chi connectivity index (χ2v) is 4.79. The van der Waals surface area contributed by atoms with Crippen LogP contribution in [-0.2, 0) is 11.2 Å². The summed E-state index contributed by atoms with van der Waals surface area (Å²) < 4.78 is 10.8. The van der Waals surface area contributed by atoms with Crippen molar-refractivity contribution < 1.29 is 9.47 Å². The van der Waals surface area contributed by atoms with Gasteiger partial charge >= 0.3 is 0 Å². The van der Waals surface area contributed by atoms with Gasteiger partial charge < -0.3 is 15.2 Å². The van der Waals surface area contributed by atoms with Gasteiger partial charge in [-0.05, 0) is 29.7 Å². The van der Waals surface area contributed by atoms with Gasteiger partial charge in [0, 0.05) is 13.2 Å². The number of ether oxygens (including phenoxy) is 2. The second-order valence-electron chi connectivity index (χ2n) is 4.79. The minimum Gasteiger partial charge on any atom is -0.497 e. The fourth-order valence-corrected chi connectivity index (χ4v) is 2.38. The van der Waals surface area contributed by atoms with Gasteiger partial charge in [-0.15, -0.1) is 0 Å². The maximum Gasteiger partial charge on any atom is 0.119 e. The molecule has 2 rings (SSSR count). The Kier molecular flexibility index (Phi) is 5.16. The number of nitrogens with two attached hydrogens (primary N) is 1. The molecule has 0 fully saturated rings. The molecule has 2 aromatic carbocycles. The van der Waals surface area contributed by atoms with Gasteiger partial charge in [0.05, 0.1) is 13.2 Å². The first-order valence-corrected chi connectivity index (χ1v) is 6.71. The summed E-state index contributed by atoms with van der Waals surface area (Å²) in [6.45, 7) is 0. The lowest BCUT2D eigenvalue weighted by atomic mass is 9.96. The van der Waals surface area contributed by atoms with E-state index in [1.54, 1.807) is 14.2 Å². The highest BCUT2D eigenvalue weighted by molar-refractivity contribution is 5.29. The van der Waals surface area contributed by atoms with E-state index in [9.17, 15) is 0 Å². The summed E-state index contributed by atoms with van der Waals surface area (Å²) in [7, 11) is 3.37. The molecule has 3 nitrogen and oxygen atoms in total. The van der Waals surface area contributed by atoms with Crippen LogP contribution in [0.25, 0.3) is 0 Å². The minimum absolute atomic E-state index is 0.102. The van der Waals surface area contributed by atoms with E-state index >= 15 is 0 Å². The van der Waals surface area contributed by atoms with Crippen LogP contribution < -0.4 is 10.5 Å². The van der Waals surface area contributed by atoms with Crippen molar-refractivity contribution >= 4 is 0 Å². The molecule has 2 N–H and O–H groups in total. The molecular formula is C17H21NO2. The summed E-state index contributed by atoms with van der Waals surface area (Å²) in [5.74, 6) is 0.850. The van der Waals surface area contributed by atoms with E-state index in [1.165, 1.54) is 0 Å². The maximum atomic E-state index is 6.32. The maximum absolute atomic E-state index is 6.32. The zero-order chi connectivity index (χ0) is 14.4. The predicted octanol–water partition coefficient (Wildman–Crippen LogP) is 2.95. The van der Waals surface area contributed by atoms with Gasteiger partial charge in [0.25, 0.3) is 0 Å². The molecule has 2 aromatic rings. The molecule has 0 aromatic heterocycles. The van der Waals surface area contributed by atoms with Crippen LogP contribution in [-0.4, -0.2) is 20.3 Å². The fourth-order valence-electron chi connectivity index (χ4n) is 2.38. The molecule has 0 heterocycles. The van der Waals surface area contributed by atoms with E-state index in [0.717, 1.165) is 23.3 Å². The van der Waals surface area contributed by atoms with Crippen LogP contribution in [0.2, 0.25) is 0 Å². The molecule has 0 aliphatic rings. The van der Waals surface area contributed by atoms with Crippen LogP contribution in [0.5, 0.6) is 5.75 Å². The third kappa shape index (κ3) is 3.59. The highest BCUT2D eigenvalue weighted by atomic mass is 16.5. The van der Waals surface area contributed by atoms with Crippen molar-refractivity contribution in [2.75, 3.05) is 14.2 Å². The molecular weight excluding hydrogens is 250 g/mol. The number of rotatable bonds is 6. The number of methoxy groups -OCH3 is 2. The van der Waals surface area contributed by atoms with Crippen molar-refractivity contribution in [1.82, 2.24) is 0 Å². The smallest absolute Gasteiger partial charge is 0.119 e. The molecule has 0 amide bonds. The Bertz CT molecular complexity index is 528. The fraction of sp³-hybridized carbons (Fsp3) is 0.294. The van der Waals surface area contributed by atoms with Crippen LogP contribution in [0, 0.1) is 0 Å². The molecule has 0 spiro atoms. The molecule has 2 atom stereocenters. The quantitative estimate of drug-likeness (QED) is 0.878. The van der Waals surface area contributed by atoms with E-state index in [4.69, 9.17) is 15.2 Å². The van der Waals surface area contributed by atoms with Crippen LogP contribution in [0.3, 0.4) is 0 Å². The van der Waals surface area contributed by atoms with Gasteiger partial charge in [0.15, 0.2) is 0 Å². The number of hydrogen-bond donors (Lipinski definition) is 1. The van der Waals surface area contributed by atoms with Gasteiger partial charge in [-0.3, -0.25) is 0 Å². The third-order valence-electron chi connectivity index (χ3n) is 3.38. The molecule has 0 aliphatic carbocycles. The highest BCUT2D eigenvalue weighted by Gasteiger charge is 2.19. The highest BCUT2D eigenvalue weighted by Crippen LogP contribution is 2.23. The van der Waals surface area contributed by atoms with E-state index in [1.807, 2.05) is 48.5 Å². The van der Waals surface area contributed by atoms with Crippen molar-refractivity contribution in [3.63, 3.8) is 0 Å². The average molecular weight is 271 g/mol. The molecule has 106 valence electrons. The molecule has 2 unspecified atom stereocenters. The Morgan fingerprint density at radius 3 is 2.40 bits per heavy atom. The standard InChI is InChI=1S/C17H21NO2/c1-19-15-10-6-7-13(11-15)12-16(18)17(20-2)14-8-4-3-5-9-14/h3-11,16-17H,12,18H2,1-2H3.